The number of hydrogen-bond acceptors (Lipinski definition) is 2. The summed E-state index contributed by atoms with van der Waals surface area (Å²) in [4.78, 5) is 0. The van der Waals surface area contributed by atoms with Crippen LogP contribution in [0.4, 0.5) is 5.69 Å². The molecule has 2 heteroatoms. The van der Waals surface area contributed by atoms with E-state index in [1.54, 1.807) is 0 Å². The molecule has 0 aliphatic heterocycles. The summed E-state index contributed by atoms with van der Waals surface area (Å²) in [5.41, 5.74) is 11.4. The highest BCUT2D eigenvalue weighted by Gasteiger charge is 1.96. The monoisotopic (exact) mass is 322 g/mol. The van der Waals surface area contributed by atoms with Crippen molar-refractivity contribution in [3.63, 3.8) is 0 Å². The molecule has 0 aliphatic carbocycles. The average Bonchev–Trinajstić information content (AvgIpc) is 2.67. The highest BCUT2D eigenvalue weighted by molar-refractivity contribution is 5.74. The third-order valence-electron chi connectivity index (χ3n) is 3.88. The zero-order valence-corrected chi connectivity index (χ0v) is 13.8. The highest BCUT2D eigenvalue weighted by Crippen LogP contribution is 2.15. The van der Waals surface area contributed by atoms with Gasteiger partial charge in [-0.25, -0.2) is 0 Å². The largest absolute Gasteiger partial charge is 0.399 e. The Morgan fingerprint density at radius 2 is 1.12 bits per heavy atom. The van der Waals surface area contributed by atoms with Crippen LogP contribution in [0.25, 0.3) is 24.3 Å². The molecule has 25 heavy (non-hydrogen) atoms. The summed E-state index contributed by atoms with van der Waals surface area (Å²) < 4.78 is 0. The topological polar surface area (TPSA) is 49.8 Å². The Morgan fingerprint density at radius 3 is 1.68 bits per heavy atom. The first-order chi connectivity index (χ1) is 12.2. The predicted molar refractivity (Wildman–Crippen MR) is 106 cm³/mol. The molecule has 0 bridgehead atoms. The molecule has 0 fully saturated rings. The van der Waals surface area contributed by atoms with Crippen molar-refractivity contribution in [2.45, 2.75) is 0 Å². The van der Waals surface area contributed by atoms with Crippen LogP contribution in [-0.2, 0) is 0 Å². The summed E-state index contributed by atoms with van der Waals surface area (Å²) in [7, 11) is 0. The quantitative estimate of drug-likeness (QED) is 0.510. The molecule has 2 nitrogen and oxygen atoms in total. The SMILES string of the molecule is N#Cc1ccccc1C=Cc1ccc(C=Cc2ccc(N)cc2)cc1. The van der Waals surface area contributed by atoms with Crippen molar-refractivity contribution in [3.8, 4) is 6.07 Å². The summed E-state index contributed by atoms with van der Waals surface area (Å²) >= 11 is 0. The zero-order chi connectivity index (χ0) is 17.5. The number of anilines is 1. The number of hydrogen-bond donors (Lipinski definition) is 1. The molecular formula is C23H18N2. The average molecular weight is 322 g/mol. The van der Waals surface area contributed by atoms with Gasteiger partial charge in [-0.1, -0.05) is 78.9 Å². The van der Waals surface area contributed by atoms with Crippen molar-refractivity contribution < 1.29 is 0 Å². The van der Waals surface area contributed by atoms with E-state index in [0.717, 1.165) is 27.9 Å². The Hall–Kier alpha value is -3.57. The molecule has 0 amide bonds. The predicted octanol–water partition coefficient (Wildman–Crippen LogP) is 5.48. The maximum absolute atomic E-state index is 9.12. The molecule has 0 spiro atoms. The Morgan fingerprint density at radius 1 is 0.640 bits per heavy atom. The molecule has 0 aliphatic rings. The van der Waals surface area contributed by atoms with Gasteiger partial charge in [-0.15, -0.1) is 0 Å². The molecule has 3 rings (SSSR count). The molecule has 0 saturated heterocycles. The van der Waals surface area contributed by atoms with Gasteiger partial charge in [0.1, 0.15) is 0 Å². The minimum Gasteiger partial charge on any atom is -0.399 e. The van der Waals surface area contributed by atoms with E-state index in [4.69, 9.17) is 11.0 Å². The summed E-state index contributed by atoms with van der Waals surface area (Å²) in [6.07, 6.45) is 8.12. The van der Waals surface area contributed by atoms with Crippen molar-refractivity contribution in [1.82, 2.24) is 0 Å². The summed E-state index contributed by atoms with van der Waals surface area (Å²) in [6.45, 7) is 0. The fraction of sp³-hybridized carbons (Fsp3) is 0. The fourth-order valence-electron chi connectivity index (χ4n) is 2.45. The molecule has 3 aromatic carbocycles. The lowest BCUT2D eigenvalue weighted by Crippen LogP contribution is -1.82. The highest BCUT2D eigenvalue weighted by atomic mass is 14.5. The first kappa shape index (κ1) is 16.3. The first-order valence-corrected chi connectivity index (χ1v) is 8.05. The second-order valence-corrected chi connectivity index (χ2v) is 5.70. The second kappa shape index (κ2) is 7.81. The minimum atomic E-state index is 0.682. The number of benzene rings is 3. The van der Waals surface area contributed by atoms with E-state index in [1.807, 2.05) is 60.7 Å². The van der Waals surface area contributed by atoms with Gasteiger partial charge in [-0.3, -0.25) is 0 Å². The fourth-order valence-corrected chi connectivity index (χ4v) is 2.45. The normalized spacial score (nSPS) is 11.0. The number of nitrogens with zero attached hydrogens (tertiary/aromatic N) is 1. The van der Waals surface area contributed by atoms with E-state index in [2.05, 4.69) is 42.5 Å². The van der Waals surface area contributed by atoms with E-state index in [-0.39, 0.29) is 0 Å². The van der Waals surface area contributed by atoms with Crippen molar-refractivity contribution in [2.75, 3.05) is 5.73 Å². The number of rotatable bonds is 4. The van der Waals surface area contributed by atoms with E-state index < -0.39 is 0 Å². The molecule has 120 valence electrons. The van der Waals surface area contributed by atoms with Crippen LogP contribution in [-0.4, -0.2) is 0 Å². The molecular weight excluding hydrogens is 304 g/mol. The Bertz CT molecular complexity index is 941. The third kappa shape index (κ3) is 4.46. The van der Waals surface area contributed by atoms with Crippen LogP contribution in [0.1, 0.15) is 27.8 Å². The summed E-state index contributed by atoms with van der Waals surface area (Å²) in [5.74, 6) is 0. The van der Waals surface area contributed by atoms with Gasteiger partial charge in [0.2, 0.25) is 0 Å². The van der Waals surface area contributed by atoms with Crippen LogP contribution in [0.2, 0.25) is 0 Å². The molecule has 2 N–H and O–H groups in total. The van der Waals surface area contributed by atoms with Crippen molar-refractivity contribution in [3.05, 3.63) is 101 Å². The van der Waals surface area contributed by atoms with Crippen molar-refractivity contribution in [1.29, 1.82) is 5.26 Å². The lowest BCUT2D eigenvalue weighted by atomic mass is 10.1. The summed E-state index contributed by atoms with van der Waals surface area (Å²) in [5, 5.41) is 9.12. The van der Waals surface area contributed by atoms with Gasteiger partial charge in [0, 0.05) is 5.69 Å². The molecule has 0 heterocycles. The van der Waals surface area contributed by atoms with Crippen molar-refractivity contribution >= 4 is 30.0 Å². The molecule has 3 aromatic rings. The van der Waals surface area contributed by atoms with Crippen LogP contribution < -0.4 is 5.73 Å². The van der Waals surface area contributed by atoms with Gasteiger partial charge < -0.3 is 5.73 Å². The Labute approximate surface area is 148 Å². The maximum Gasteiger partial charge on any atom is 0.0997 e. The van der Waals surface area contributed by atoms with E-state index in [1.165, 1.54) is 0 Å². The number of nitrogen functional groups attached to an aromatic ring is 1. The van der Waals surface area contributed by atoms with Gasteiger partial charge in [-0.2, -0.15) is 5.26 Å². The van der Waals surface area contributed by atoms with Crippen LogP contribution in [0, 0.1) is 11.3 Å². The minimum absolute atomic E-state index is 0.682. The van der Waals surface area contributed by atoms with Gasteiger partial charge in [0.15, 0.2) is 0 Å². The van der Waals surface area contributed by atoms with Crippen LogP contribution >= 0.6 is 0 Å². The van der Waals surface area contributed by atoms with Gasteiger partial charge in [0.25, 0.3) is 0 Å². The number of nitriles is 1. The van der Waals surface area contributed by atoms with Gasteiger partial charge >= 0.3 is 0 Å². The van der Waals surface area contributed by atoms with Gasteiger partial charge in [0.05, 0.1) is 11.6 Å². The van der Waals surface area contributed by atoms with Crippen molar-refractivity contribution in [2.24, 2.45) is 0 Å². The summed E-state index contributed by atoms with van der Waals surface area (Å²) in [6, 6.07) is 25.8. The molecule has 0 saturated carbocycles. The maximum atomic E-state index is 9.12. The molecule has 0 unspecified atom stereocenters. The van der Waals surface area contributed by atoms with Gasteiger partial charge in [-0.05, 0) is 40.5 Å². The van der Waals surface area contributed by atoms with Crippen LogP contribution in [0.5, 0.6) is 0 Å². The Kier molecular flexibility index (Phi) is 5.09. The van der Waals surface area contributed by atoms with E-state index >= 15 is 0 Å². The molecule has 0 aromatic heterocycles. The number of nitrogens with two attached hydrogens (primary N) is 1. The zero-order valence-electron chi connectivity index (χ0n) is 13.8. The third-order valence-corrected chi connectivity index (χ3v) is 3.88. The van der Waals surface area contributed by atoms with Crippen LogP contribution in [0.15, 0.2) is 72.8 Å². The smallest absolute Gasteiger partial charge is 0.0997 e. The lowest BCUT2D eigenvalue weighted by molar-refractivity contribution is 1.47. The Balaban J connectivity index is 1.71. The molecule has 0 radical (unpaired) electrons. The first-order valence-electron chi connectivity index (χ1n) is 8.05. The molecule has 0 atom stereocenters. The lowest BCUT2D eigenvalue weighted by Gasteiger charge is -1.99. The second-order valence-electron chi connectivity index (χ2n) is 5.70. The standard InChI is InChI=1S/C23H18N2/c24-17-22-4-2-1-3-21(22)14-11-19-8-5-18(6-9-19)7-10-20-12-15-23(25)16-13-20/h1-16H,25H2. The van der Waals surface area contributed by atoms with E-state index in [0.29, 0.717) is 5.56 Å². The van der Waals surface area contributed by atoms with Crippen LogP contribution in [0.3, 0.4) is 0 Å². The van der Waals surface area contributed by atoms with E-state index in [9.17, 15) is 0 Å².